The first-order valence-corrected chi connectivity index (χ1v) is 13.0. The number of fused-ring (bicyclic) bond motifs is 2. The smallest absolute Gasteiger partial charge is 0.280 e. The van der Waals surface area contributed by atoms with Gasteiger partial charge in [0, 0.05) is 37.6 Å². The maximum Gasteiger partial charge on any atom is 0.280 e. The lowest BCUT2D eigenvalue weighted by Crippen LogP contribution is -2.45. The Kier molecular flexibility index (Phi) is 5.96. The van der Waals surface area contributed by atoms with E-state index in [-0.39, 0.29) is 11.5 Å². The van der Waals surface area contributed by atoms with Gasteiger partial charge in [-0.3, -0.25) is 0 Å². The molecule has 4 heteroatoms. The van der Waals surface area contributed by atoms with E-state index in [1.165, 1.54) is 38.9 Å². The van der Waals surface area contributed by atoms with Crippen molar-refractivity contribution in [2.75, 3.05) is 19.1 Å². The zero-order valence-corrected chi connectivity index (χ0v) is 23.2. The quantitative estimate of drug-likeness (QED) is 0.351. The molecule has 2 heterocycles. The van der Waals surface area contributed by atoms with Crippen LogP contribution in [0.4, 0.5) is 5.69 Å². The second-order valence-electron chi connectivity index (χ2n) is 11.2. The molecule has 0 amide bonds. The molecule has 1 atom stereocenters. The first-order valence-electron chi connectivity index (χ1n) is 13.0. The van der Waals surface area contributed by atoms with Gasteiger partial charge in [0.1, 0.15) is 11.4 Å². The van der Waals surface area contributed by atoms with Crippen LogP contribution >= 0.6 is 0 Å². The molecule has 1 unspecified atom stereocenters. The third kappa shape index (κ3) is 3.42. The summed E-state index contributed by atoms with van der Waals surface area (Å²) >= 11 is 0. The van der Waals surface area contributed by atoms with Gasteiger partial charge in [-0.25, -0.2) is 0 Å². The van der Waals surface area contributed by atoms with Crippen molar-refractivity contribution in [3.63, 3.8) is 0 Å². The standard InChI is InChI=1S/C32H39NO3/c1-19(2)23-14-16-24(17-15-23)28-27-22(5)29(20(3)21(4)30(27)36-31(28,6)7)33-18-25-12-10-11-13-26(25)32(33,34-8)35-9/h10-17,19,28H,18H2,1-9H3. The Hall–Kier alpha value is -2.82. The Morgan fingerprint density at radius 1 is 0.889 bits per heavy atom. The zero-order chi connectivity index (χ0) is 26.0. The van der Waals surface area contributed by atoms with Crippen LogP contribution in [0.2, 0.25) is 0 Å². The normalized spacial score (nSPS) is 19.4. The van der Waals surface area contributed by atoms with Gasteiger partial charge in [0.05, 0.1) is 5.92 Å². The summed E-state index contributed by atoms with van der Waals surface area (Å²) in [5.41, 5.74) is 10.6. The van der Waals surface area contributed by atoms with Crippen molar-refractivity contribution < 1.29 is 14.2 Å². The van der Waals surface area contributed by atoms with Crippen LogP contribution in [0.5, 0.6) is 5.75 Å². The van der Waals surface area contributed by atoms with Gasteiger partial charge in [0.2, 0.25) is 0 Å². The molecule has 5 rings (SSSR count). The molecular formula is C32H39NO3. The maximum atomic E-state index is 6.73. The second-order valence-corrected chi connectivity index (χ2v) is 11.2. The van der Waals surface area contributed by atoms with Gasteiger partial charge in [0.15, 0.2) is 0 Å². The van der Waals surface area contributed by atoms with Crippen molar-refractivity contribution in [2.45, 2.75) is 78.4 Å². The molecule has 4 nitrogen and oxygen atoms in total. The van der Waals surface area contributed by atoms with E-state index >= 15 is 0 Å². The summed E-state index contributed by atoms with van der Waals surface area (Å²) in [4.78, 5) is 2.29. The highest BCUT2D eigenvalue weighted by atomic mass is 16.7. The first-order chi connectivity index (χ1) is 17.1. The summed E-state index contributed by atoms with van der Waals surface area (Å²) < 4.78 is 19.1. The number of benzene rings is 3. The van der Waals surface area contributed by atoms with E-state index in [2.05, 4.69) is 102 Å². The van der Waals surface area contributed by atoms with Gasteiger partial charge in [-0.1, -0.05) is 62.4 Å². The molecule has 0 radical (unpaired) electrons. The molecule has 190 valence electrons. The molecule has 3 aromatic carbocycles. The molecule has 2 aliphatic rings. The first kappa shape index (κ1) is 24.9. The highest BCUT2D eigenvalue weighted by Crippen LogP contribution is 2.56. The predicted molar refractivity (Wildman–Crippen MR) is 146 cm³/mol. The van der Waals surface area contributed by atoms with Crippen molar-refractivity contribution in [1.82, 2.24) is 0 Å². The highest BCUT2D eigenvalue weighted by Gasteiger charge is 2.50. The Morgan fingerprint density at radius 2 is 1.53 bits per heavy atom. The third-order valence-corrected chi connectivity index (χ3v) is 8.41. The van der Waals surface area contributed by atoms with E-state index < -0.39 is 5.91 Å². The van der Waals surface area contributed by atoms with E-state index in [4.69, 9.17) is 14.2 Å². The van der Waals surface area contributed by atoms with Crippen molar-refractivity contribution >= 4 is 5.69 Å². The van der Waals surface area contributed by atoms with Crippen LogP contribution in [0.25, 0.3) is 0 Å². The van der Waals surface area contributed by atoms with Gasteiger partial charge >= 0.3 is 0 Å². The molecule has 0 aromatic heterocycles. The van der Waals surface area contributed by atoms with Crippen LogP contribution in [-0.2, 0) is 21.9 Å². The fraction of sp³-hybridized carbons (Fsp3) is 0.438. The van der Waals surface area contributed by atoms with Crippen molar-refractivity contribution in [2.24, 2.45) is 0 Å². The topological polar surface area (TPSA) is 30.9 Å². The van der Waals surface area contributed by atoms with E-state index in [1.807, 2.05) is 0 Å². The number of rotatable bonds is 5. The van der Waals surface area contributed by atoms with Crippen molar-refractivity contribution in [3.8, 4) is 5.75 Å². The lowest BCUT2D eigenvalue weighted by atomic mass is 9.78. The summed E-state index contributed by atoms with van der Waals surface area (Å²) in [7, 11) is 3.46. The van der Waals surface area contributed by atoms with Gasteiger partial charge in [-0.05, 0) is 73.9 Å². The molecule has 0 aliphatic carbocycles. The van der Waals surface area contributed by atoms with E-state index in [0.29, 0.717) is 5.92 Å². The van der Waals surface area contributed by atoms with Gasteiger partial charge in [-0.15, -0.1) is 0 Å². The van der Waals surface area contributed by atoms with Crippen LogP contribution in [0.3, 0.4) is 0 Å². The molecule has 0 spiro atoms. The van der Waals surface area contributed by atoms with Crippen molar-refractivity contribution in [3.05, 3.63) is 93.0 Å². The molecule has 0 bridgehead atoms. The molecular weight excluding hydrogens is 446 g/mol. The second kappa shape index (κ2) is 8.64. The number of hydrogen-bond donors (Lipinski definition) is 0. The SMILES string of the molecule is COC1(OC)c2ccccc2CN1c1c(C)c(C)c2c(c1C)C(c1ccc(C(C)C)cc1)C(C)(C)O2. The van der Waals surface area contributed by atoms with E-state index in [0.717, 1.165) is 23.5 Å². The lowest BCUT2D eigenvalue weighted by Gasteiger charge is -2.40. The lowest BCUT2D eigenvalue weighted by molar-refractivity contribution is -0.210. The fourth-order valence-corrected chi connectivity index (χ4v) is 6.46. The fourth-order valence-electron chi connectivity index (χ4n) is 6.46. The monoisotopic (exact) mass is 485 g/mol. The summed E-state index contributed by atoms with van der Waals surface area (Å²) in [6, 6.07) is 17.5. The van der Waals surface area contributed by atoms with Gasteiger partial charge < -0.3 is 19.1 Å². The zero-order valence-electron chi connectivity index (χ0n) is 23.2. The number of hydrogen-bond acceptors (Lipinski definition) is 4. The number of anilines is 1. The summed E-state index contributed by atoms with van der Waals surface area (Å²) in [5.74, 6) is 0.673. The third-order valence-electron chi connectivity index (χ3n) is 8.41. The molecule has 2 aliphatic heterocycles. The Labute approximate surface area is 216 Å². The molecule has 0 saturated carbocycles. The largest absolute Gasteiger partial charge is 0.486 e. The molecule has 0 fully saturated rings. The Balaban J connectivity index is 1.72. The van der Waals surface area contributed by atoms with Crippen molar-refractivity contribution in [1.29, 1.82) is 0 Å². The van der Waals surface area contributed by atoms with Crippen LogP contribution in [0.1, 0.15) is 84.0 Å². The van der Waals surface area contributed by atoms with Gasteiger partial charge in [-0.2, -0.15) is 0 Å². The number of ether oxygens (including phenoxy) is 3. The Morgan fingerprint density at radius 3 is 2.14 bits per heavy atom. The number of nitrogens with zero attached hydrogens (tertiary/aromatic N) is 1. The van der Waals surface area contributed by atoms with E-state index in [9.17, 15) is 0 Å². The van der Waals surface area contributed by atoms with Crippen LogP contribution in [0.15, 0.2) is 48.5 Å². The van der Waals surface area contributed by atoms with Crippen LogP contribution in [-0.4, -0.2) is 19.8 Å². The summed E-state index contributed by atoms with van der Waals surface area (Å²) in [5, 5.41) is 0. The molecule has 0 saturated heterocycles. The van der Waals surface area contributed by atoms with E-state index in [1.54, 1.807) is 14.2 Å². The minimum absolute atomic E-state index is 0.122. The Bertz CT molecular complexity index is 1300. The van der Waals surface area contributed by atoms with Gasteiger partial charge in [0.25, 0.3) is 5.91 Å². The molecule has 0 N–H and O–H groups in total. The van der Waals surface area contributed by atoms with Crippen LogP contribution < -0.4 is 9.64 Å². The average molecular weight is 486 g/mol. The maximum absolute atomic E-state index is 6.73. The molecule has 3 aromatic rings. The molecule has 36 heavy (non-hydrogen) atoms. The predicted octanol–water partition coefficient (Wildman–Crippen LogP) is 7.46. The summed E-state index contributed by atoms with van der Waals surface area (Å²) in [6.07, 6.45) is 0. The average Bonchev–Trinajstić information content (AvgIpc) is 3.34. The van der Waals surface area contributed by atoms with Crippen LogP contribution in [0, 0.1) is 20.8 Å². The number of methoxy groups -OCH3 is 2. The minimum atomic E-state index is -0.976. The highest BCUT2D eigenvalue weighted by molar-refractivity contribution is 5.74. The minimum Gasteiger partial charge on any atom is -0.486 e. The summed E-state index contributed by atoms with van der Waals surface area (Å²) in [6.45, 7) is 16.2.